The Morgan fingerprint density at radius 2 is 1.62 bits per heavy atom. The van der Waals surface area contributed by atoms with Crippen LogP contribution in [0.15, 0.2) is 36.4 Å². The highest BCUT2D eigenvalue weighted by Crippen LogP contribution is 2.25. The van der Waals surface area contributed by atoms with Gasteiger partial charge in [-0.3, -0.25) is 0 Å². The van der Waals surface area contributed by atoms with Crippen LogP contribution in [0.3, 0.4) is 0 Å². The highest BCUT2D eigenvalue weighted by Gasteiger charge is 2.11. The Hall–Kier alpha value is -0.830. The molecule has 3 rings (SSSR count). The van der Waals surface area contributed by atoms with Crippen molar-refractivity contribution in [2.75, 3.05) is 0 Å². The summed E-state index contributed by atoms with van der Waals surface area (Å²) >= 11 is 2.57. The van der Waals surface area contributed by atoms with Gasteiger partial charge >= 0.3 is 0 Å². The molecular weight excluding hydrogens is 367 g/mol. The van der Waals surface area contributed by atoms with Gasteiger partial charge in [-0.1, -0.05) is 49.7 Å². The Balaban J connectivity index is 1.94. The average Bonchev–Trinajstić information content (AvgIpc) is 2.51. The monoisotopic (exact) mass is 390 g/mol. The predicted molar refractivity (Wildman–Crippen MR) is 99.0 cm³/mol. The zero-order valence-corrected chi connectivity index (χ0v) is 14.9. The van der Waals surface area contributed by atoms with Gasteiger partial charge in [0.1, 0.15) is 0 Å². The third kappa shape index (κ3) is 3.68. The summed E-state index contributed by atoms with van der Waals surface area (Å²) in [4.78, 5) is 0. The van der Waals surface area contributed by atoms with E-state index in [0.717, 1.165) is 0 Å². The van der Waals surface area contributed by atoms with Crippen LogP contribution >= 0.6 is 22.6 Å². The molecular formula is C20H23I. The van der Waals surface area contributed by atoms with Gasteiger partial charge in [0.15, 0.2) is 0 Å². The van der Waals surface area contributed by atoms with E-state index in [1.807, 2.05) is 0 Å². The minimum absolute atomic E-state index is 1.17. The maximum Gasteiger partial charge on any atom is 0.0194 e. The lowest BCUT2D eigenvalue weighted by molar-refractivity contribution is 0.786. The van der Waals surface area contributed by atoms with E-state index in [0.29, 0.717) is 0 Å². The standard InChI is InChI=1S/C20H23I/c1-2-3-7-18-13-17-9-8-15-5-4-6-16(12-15)10-11-19(14-17)20(18)21/h4-6,12-14H,2-3,7-11H2,1H3. The molecule has 0 amide bonds. The molecule has 0 saturated heterocycles. The van der Waals surface area contributed by atoms with E-state index >= 15 is 0 Å². The van der Waals surface area contributed by atoms with Crippen molar-refractivity contribution in [2.45, 2.75) is 51.9 Å². The van der Waals surface area contributed by atoms with Crippen LogP contribution in [-0.4, -0.2) is 0 Å². The number of hydrogen-bond donors (Lipinski definition) is 0. The molecule has 0 aliphatic heterocycles. The summed E-state index contributed by atoms with van der Waals surface area (Å²) in [5.74, 6) is 0. The first kappa shape index (κ1) is 15.1. The second-order valence-corrected chi connectivity index (χ2v) is 7.23. The molecule has 0 saturated carbocycles. The molecule has 0 nitrogen and oxygen atoms in total. The minimum Gasteiger partial charge on any atom is -0.0654 e. The number of halogens is 1. The van der Waals surface area contributed by atoms with Gasteiger partial charge in [-0.2, -0.15) is 0 Å². The Morgan fingerprint density at radius 1 is 0.905 bits per heavy atom. The zero-order chi connectivity index (χ0) is 14.7. The Kier molecular flexibility index (Phi) is 4.99. The van der Waals surface area contributed by atoms with Crippen molar-refractivity contribution < 1.29 is 0 Å². The summed E-state index contributed by atoms with van der Waals surface area (Å²) in [5, 5.41) is 0. The molecule has 1 heteroatoms. The van der Waals surface area contributed by atoms with E-state index < -0.39 is 0 Å². The number of aryl methyl sites for hydroxylation is 5. The first-order valence-corrected chi connectivity index (χ1v) is 9.22. The maximum atomic E-state index is 2.57. The Morgan fingerprint density at radius 3 is 2.38 bits per heavy atom. The first-order chi connectivity index (χ1) is 10.3. The van der Waals surface area contributed by atoms with Crippen LogP contribution in [0, 0.1) is 3.57 Å². The molecule has 21 heavy (non-hydrogen) atoms. The van der Waals surface area contributed by atoms with Crippen LogP contribution in [0.5, 0.6) is 0 Å². The third-order valence-electron chi connectivity index (χ3n) is 4.46. The molecule has 2 aromatic carbocycles. The summed E-state index contributed by atoms with van der Waals surface area (Å²) in [7, 11) is 0. The lowest BCUT2D eigenvalue weighted by Gasteiger charge is -2.16. The van der Waals surface area contributed by atoms with Crippen LogP contribution in [0.4, 0.5) is 0 Å². The van der Waals surface area contributed by atoms with Crippen LogP contribution in [0.25, 0.3) is 0 Å². The summed E-state index contributed by atoms with van der Waals surface area (Å²) in [6.45, 7) is 2.28. The molecule has 0 aromatic heterocycles. The van der Waals surface area contributed by atoms with E-state index in [1.165, 1.54) is 65.2 Å². The summed E-state index contributed by atoms with van der Waals surface area (Å²) in [6.07, 6.45) is 8.50. The fourth-order valence-corrected chi connectivity index (χ4v) is 4.06. The van der Waals surface area contributed by atoms with Gasteiger partial charge in [-0.25, -0.2) is 0 Å². The van der Waals surface area contributed by atoms with Crippen LogP contribution in [-0.2, 0) is 32.1 Å². The molecule has 0 unspecified atom stereocenters. The molecule has 0 atom stereocenters. The first-order valence-electron chi connectivity index (χ1n) is 8.14. The zero-order valence-electron chi connectivity index (χ0n) is 12.8. The topological polar surface area (TPSA) is 0 Å². The largest absolute Gasteiger partial charge is 0.0654 e. The summed E-state index contributed by atoms with van der Waals surface area (Å²) in [6, 6.07) is 14.1. The number of rotatable bonds is 3. The van der Waals surface area contributed by atoms with Crippen LogP contribution in [0.1, 0.15) is 47.6 Å². The van der Waals surface area contributed by atoms with Crippen molar-refractivity contribution in [3.05, 3.63) is 67.8 Å². The van der Waals surface area contributed by atoms with Crippen LogP contribution in [0.2, 0.25) is 0 Å². The molecule has 0 spiro atoms. The van der Waals surface area contributed by atoms with Gasteiger partial charge in [-0.15, -0.1) is 0 Å². The lowest BCUT2D eigenvalue weighted by Crippen LogP contribution is -2.04. The molecule has 1 aliphatic carbocycles. The van der Waals surface area contributed by atoms with Gasteiger partial charge in [0.25, 0.3) is 0 Å². The number of benzene rings is 2. The second kappa shape index (κ2) is 6.95. The van der Waals surface area contributed by atoms with Gasteiger partial charge in [-0.05, 0) is 88.9 Å². The van der Waals surface area contributed by atoms with Crippen molar-refractivity contribution in [3.8, 4) is 0 Å². The normalized spacial score (nSPS) is 14.0. The van der Waals surface area contributed by atoms with Crippen molar-refractivity contribution in [2.24, 2.45) is 0 Å². The van der Waals surface area contributed by atoms with Crippen molar-refractivity contribution in [1.29, 1.82) is 0 Å². The van der Waals surface area contributed by atoms with Crippen molar-refractivity contribution in [3.63, 3.8) is 0 Å². The molecule has 1 aliphatic rings. The van der Waals surface area contributed by atoms with E-state index in [1.54, 1.807) is 11.1 Å². The molecule has 0 fully saturated rings. The number of hydrogen-bond acceptors (Lipinski definition) is 0. The SMILES string of the molecule is CCCCc1cc2cc(c1I)CCc1cccc(c1)CC2. The van der Waals surface area contributed by atoms with E-state index in [2.05, 4.69) is 65.9 Å². The van der Waals surface area contributed by atoms with Gasteiger partial charge in [0.2, 0.25) is 0 Å². The third-order valence-corrected chi connectivity index (χ3v) is 5.85. The Labute approximate surface area is 142 Å². The van der Waals surface area contributed by atoms with E-state index in [-0.39, 0.29) is 0 Å². The molecule has 110 valence electrons. The summed E-state index contributed by atoms with van der Waals surface area (Å²) in [5.41, 5.74) is 7.65. The fourth-order valence-electron chi connectivity index (χ4n) is 3.21. The molecule has 2 aromatic rings. The lowest BCUT2D eigenvalue weighted by atomic mass is 9.92. The molecule has 0 N–H and O–H groups in total. The van der Waals surface area contributed by atoms with Crippen molar-refractivity contribution in [1.82, 2.24) is 0 Å². The molecule has 4 bridgehead atoms. The highest BCUT2D eigenvalue weighted by molar-refractivity contribution is 14.1. The predicted octanol–water partition coefficient (Wildman–Crippen LogP) is 5.52. The number of unbranched alkanes of at least 4 members (excludes halogenated alkanes) is 1. The summed E-state index contributed by atoms with van der Waals surface area (Å²) < 4.78 is 1.52. The fraction of sp³-hybridized carbons (Fsp3) is 0.400. The smallest absolute Gasteiger partial charge is 0.0194 e. The van der Waals surface area contributed by atoms with Gasteiger partial charge < -0.3 is 0 Å². The Bertz CT molecular complexity index is 628. The minimum atomic E-state index is 1.17. The highest BCUT2D eigenvalue weighted by atomic mass is 127. The quantitative estimate of drug-likeness (QED) is 0.606. The van der Waals surface area contributed by atoms with E-state index in [4.69, 9.17) is 0 Å². The average molecular weight is 390 g/mol. The van der Waals surface area contributed by atoms with Crippen molar-refractivity contribution >= 4 is 22.6 Å². The number of fused-ring (bicyclic) bond motifs is 4. The van der Waals surface area contributed by atoms with Crippen LogP contribution < -0.4 is 0 Å². The maximum absolute atomic E-state index is 2.57. The molecule has 0 radical (unpaired) electrons. The van der Waals surface area contributed by atoms with E-state index in [9.17, 15) is 0 Å². The van der Waals surface area contributed by atoms with Gasteiger partial charge in [0, 0.05) is 3.57 Å². The molecule has 0 heterocycles. The second-order valence-electron chi connectivity index (χ2n) is 6.15. The van der Waals surface area contributed by atoms with Gasteiger partial charge in [0.05, 0.1) is 0 Å².